The van der Waals surface area contributed by atoms with Gasteiger partial charge in [0.05, 0.1) is 17.8 Å². The molecular weight excluding hydrogens is 228 g/mol. The summed E-state index contributed by atoms with van der Waals surface area (Å²) in [7, 11) is -2.44. The van der Waals surface area contributed by atoms with Crippen LogP contribution < -0.4 is 5.32 Å². The van der Waals surface area contributed by atoms with Crippen molar-refractivity contribution in [3.05, 3.63) is 29.3 Å². The molecule has 1 unspecified atom stereocenters. The van der Waals surface area contributed by atoms with E-state index in [0.29, 0.717) is 11.3 Å². The number of fused-ring (bicyclic) bond motifs is 1. The first-order valence-corrected chi connectivity index (χ1v) is 6.05. The van der Waals surface area contributed by atoms with Gasteiger partial charge in [-0.05, 0) is 11.6 Å². The number of carbonyl (C=O) groups is 1. The molecule has 1 heterocycles. The molecule has 0 spiro atoms. The van der Waals surface area contributed by atoms with E-state index in [0.717, 1.165) is 11.8 Å². The van der Waals surface area contributed by atoms with Gasteiger partial charge in [-0.15, -0.1) is 0 Å². The Balaban J connectivity index is 2.39. The Hall–Kier alpha value is -1.69. The van der Waals surface area contributed by atoms with Crippen molar-refractivity contribution in [1.82, 2.24) is 5.32 Å². The number of nitrogens with zero attached hydrogens (tertiary/aromatic N) is 1. The minimum absolute atomic E-state index is 0.00266. The summed E-state index contributed by atoms with van der Waals surface area (Å²) in [6.45, 7) is 0. The van der Waals surface area contributed by atoms with Crippen LogP contribution in [0, 0.1) is 0 Å². The Kier molecular flexibility index (Phi) is 3.00. The molecule has 1 aliphatic heterocycles. The summed E-state index contributed by atoms with van der Waals surface area (Å²) in [5.41, 5.74) is 2.09. The van der Waals surface area contributed by atoms with E-state index in [9.17, 15) is 13.2 Å². The molecule has 84 valence electrons. The molecule has 16 heavy (non-hydrogen) atoms. The Morgan fingerprint density at radius 3 is 2.94 bits per heavy atom. The molecule has 0 aliphatic carbocycles. The monoisotopic (exact) mass is 238 g/mol. The van der Waals surface area contributed by atoms with Gasteiger partial charge in [-0.1, -0.05) is 12.1 Å². The number of aliphatic imine (C=N–C) groups is 1. The van der Waals surface area contributed by atoms with Crippen LogP contribution in [-0.2, 0) is 21.3 Å². The van der Waals surface area contributed by atoms with Crippen LogP contribution >= 0.6 is 0 Å². The summed E-state index contributed by atoms with van der Waals surface area (Å²) in [5, 5.41) is 2.81. The number of aldehydes is 1. The van der Waals surface area contributed by atoms with Crippen molar-refractivity contribution in [1.29, 1.82) is 0 Å². The average Bonchev–Trinajstić information content (AvgIpc) is 2.27. The number of benzene rings is 1. The molecule has 0 amide bonds. The molecule has 2 rings (SSSR count). The maximum absolute atomic E-state index is 10.8. The van der Waals surface area contributed by atoms with Crippen LogP contribution in [0.1, 0.15) is 17.2 Å². The number of carbonyl (C=O) groups excluding carboxylic acids is 1. The minimum Gasteiger partial charge on any atom is -0.363 e. The molecule has 1 atom stereocenters. The SMILES string of the molecule is O=CC1NC=Nc2cc(C[SH](=O)=O)ccc21. The van der Waals surface area contributed by atoms with Crippen LogP contribution in [0.5, 0.6) is 0 Å². The molecule has 5 nitrogen and oxygen atoms in total. The number of nitrogens with one attached hydrogen (secondary N) is 1. The van der Waals surface area contributed by atoms with Crippen LogP contribution in [-0.4, -0.2) is 21.0 Å². The molecule has 1 N–H and O–H groups in total. The molecule has 0 aromatic heterocycles. The van der Waals surface area contributed by atoms with Gasteiger partial charge in [0.25, 0.3) is 0 Å². The highest BCUT2D eigenvalue weighted by atomic mass is 32.2. The van der Waals surface area contributed by atoms with Gasteiger partial charge in [-0.25, -0.2) is 13.4 Å². The molecule has 0 saturated carbocycles. The Bertz CT molecular complexity index is 515. The topological polar surface area (TPSA) is 75.6 Å². The van der Waals surface area contributed by atoms with Crippen LogP contribution in [0.2, 0.25) is 0 Å². The quantitative estimate of drug-likeness (QED) is 0.586. The summed E-state index contributed by atoms with van der Waals surface area (Å²) in [5.74, 6) is -0.00266. The van der Waals surface area contributed by atoms with Crippen LogP contribution in [0.4, 0.5) is 5.69 Å². The van der Waals surface area contributed by atoms with E-state index >= 15 is 0 Å². The third kappa shape index (κ3) is 2.11. The zero-order valence-electron chi connectivity index (χ0n) is 8.29. The van der Waals surface area contributed by atoms with Gasteiger partial charge in [0.1, 0.15) is 23.0 Å². The molecule has 6 heteroatoms. The van der Waals surface area contributed by atoms with E-state index in [-0.39, 0.29) is 5.75 Å². The normalized spacial score (nSPS) is 17.9. The lowest BCUT2D eigenvalue weighted by Crippen LogP contribution is -2.23. The van der Waals surface area contributed by atoms with E-state index < -0.39 is 16.7 Å². The molecule has 0 bridgehead atoms. The maximum Gasteiger partial charge on any atom is 0.146 e. The summed E-state index contributed by atoms with van der Waals surface area (Å²) < 4.78 is 21.2. The minimum atomic E-state index is -2.44. The van der Waals surface area contributed by atoms with E-state index in [1.165, 1.54) is 6.34 Å². The van der Waals surface area contributed by atoms with Gasteiger partial charge in [0.2, 0.25) is 0 Å². The molecular formula is C10H10N2O3S. The lowest BCUT2D eigenvalue weighted by atomic mass is 10.0. The first-order chi connectivity index (χ1) is 7.70. The summed E-state index contributed by atoms with van der Waals surface area (Å²) >= 11 is 0. The second-order valence-corrected chi connectivity index (χ2v) is 4.40. The highest BCUT2D eigenvalue weighted by Crippen LogP contribution is 2.28. The van der Waals surface area contributed by atoms with E-state index in [2.05, 4.69) is 10.3 Å². The molecule has 0 fully saturated rings. The zero-order chi connectivity index (χ0) is 11.5. The van der Waals surface area contributed by atoms with Crippen molar-refractivity contribution < 1.29 is 13.2 Å². The molecule has 1 aromatic carbocycles. The number of thiol groups is 1. The molecule has 0 saturated heterocycles. The van der Waals surface area contributed by atoms with Crippen molar-refractivity contribution in [2.24, 2.45) is 4.99 Å². The van der Waals surface area contributed by atoms with E-state index in [1.807, 2.05) is 0 Å². The predicted octanol–water partition coefficient (Wildman–Crippen LogP) is 0.301. The lowest BCUT2D eigenvalue weighted by molar-refractivity contribution is -0.109. The van der Waals surface area contributed by atoms with Crippen molar-refractivity contribution in [2.45, 2.75) is 11.8 Å². The van der Waals surface area contributed by atoms with Gasteiger partial charge in [-0.3, -0.25) is 0 Å². The van der Waals surface area contributed by atoms with E-state index in [1.54, 1.807) is 18.2 Å². The molecule has 0 radical (unpaired) electrons. The van der Waals surface area contributed by atoms with E-state index in [4.69, 9.17) is 0 Å². The van der Waals surface area contributed by atoms with Crippen LogP contribution in [0.15, 0.2) is 23.2 Å². The largest absolute Gasteiger partial charge is 0.363 e. The second kappa shape index (κ2) is 4.44. The number of rotatable bonds is 3. The van der Waals surface area contributed by atoms with Gasteiger partial charge in [-0.2, -0.15) is 0 Å². The van der Waals surface area contributed by atoms with Gasteiger partial charge in [0.15, 0.2) is 0 Å². The molecule has 1 aliphatic rings. The van der Waals surface area contributed by atoms with Gasteiger partial charge >= 0.3 is 0 Å². The summed E-state index contributed by atoms with van der Waals surface area (Å²) in [6, 6.07) is 4.71. The Morgan fingerprint density at radius 1 is 1.44 bits per heavy atom. The smallest absolute Gasteiger partial charge is 0.146 e. The fourth-order valence-corrected chi connectivity index (χ4v) is 2.10. The Labute approximate surface area is 94.1 Å². The second-order valence-electron chi connectivity index (χ2n) is 3.42. The first-order valence-electron chi connectivity index (χ1n) is 4.69. The van der Waals surface area contributed by atoms with Crippen LogP contribution in [0.3, 0.4) is 0 Å². The highest BCUT2D eigenvalue weighted by molar-refractivity contribution is 7.71. The van der Waals surface area contributed by atoms with Crippen molar-refractivity contribution in [3.63, 3.8) is 0 Å². The van der Waals surface area contributed by atoms with Crippen molar-refractivity contribution >= 4 is 29.0 Å². The highest BCUT2D eigenvalue weighted by Gasteiger charge is 2.16. The first kappa shape index (κ1) is 10.8. The fourth-order valence-electron chi connectivity index (χ4n) is 1.60. The zero-order valence-corrected chi connectivity index (χ0v) is 9.18. The third-order valence-corrected chi connectivity index (χ3v) is 2.96. The third-order valence-electron chi connectivity index (χ3n) is 2.34. The van der Waals surface area contributed by atoms with Crippen LogP contribution in [0.25, 0.3) is 0 Å². The van der Waals surface area contributed by atoms with Gasteiger partial charge < -0.3 is 10.1 Å². The molecule has 1 aromatic rings. The lowest BCUT2D eigenvalue weighted by Gasteiger charge is -2.18. The fraction of sp³-hybridized carbons (Fsp3) is 0.200. The average molecular weight is 238 g/mol. The number of hydrogen-bond acceptors (Lipinski definition) is 5. The van der Waals surface area contributed by atoms with Crippen molar-refractivity contribution in [3.8, 4) is 0 Å². The number of hydrogen-bond donors (Lipinski definition) is 2. The predicted molar refractivity (Wildman–Crippen MR) is 60.6 cm³/mol. The van der Waals surface area contributed by atoms with Gasteiger partial charge in [0, 0.05) is 5.56 Å². The Morgan fingerprint density at radius 2 is 2.25 bits per heavy atom. The summed E-state index contributed by atoms with van der Waals surface area (Å²) in [6.07, 6.45) is 2.24. The standard InChI is InChI=1S/C10H10N2O3S/c13-4-10-8-2-1-7(5-16(14)15)3-9(8)11-6-12-10/h1-4,6,10,16H,5H2,(H,11,12). The maximum atomic E-state index is 10.8. The van der Waals surface area contributed by atoms with Crippen molar-refractivity contribution in [2.75, 3.05) is 0 Å². The summed E-state index contributed by atoms with van der Waals surface area (Å²) in [4.78, 5) is 14.8.